The molecule has 0 aliphatic carbocycles. The van der Waals surface area contributed by atoms with Crippen LogP contribution in [0, 0.1) is 0 Å². The third-order valence-electron chi connectivity index (χ3n) is 1.95. The van der Waals surface area contributed by atoms with E-state index in [0.717, 1.165) is 0 Å². The lowest BCUT2D eigenvalue weighted by Gasteiger charge is -2.05. The molecule has 1 aromatic carbocycles. The summed E-state index contributed by atoms with van der Waals surface area (Å²) >= 11 is 0. The monoisotopic (exact) mass is 243 g/mol. The predicted octanol–water partition coefficient (Wildman–Crippen LogP) is 0.984. The van der Waals surface area contributed by atoms with Crippen LogP contribution in [0.25, 0.3) is 0 Å². The summed E-state index contributed by atoms with van der Waals surface area (Å²) < 4.78 is 10.5. The molecule has 1 aromatic rings. The molecule has 0 aliphatic heterocycles. The van der Waals surface area contributed by atoms with Crippen LogP contribution in [0.4, 0.5) is 0 Å². The van der Waals surface area contributed by atoms with Crippen LogP contribution < -0.4 is 5.32 Å². The van der Waals surface area contributed by atoms with Crippen LogP contribution in [0.5, 0.6) is 0 Å². The number of hydrogen-bond donors (Lipinski definition) is 3. The summed E-state index contributed by atoms with van der Waals surface area (Å²) in [6.07, 6.45) is 0.0604. The summed E-state index contributed by atoms with van der Waals surface area (Å²) in [7, 11) is -3.95. The Morgan fingerprint density at radius 1 is 1.25 bits per heavy atom. The molecule has 3 N–H and O–H groups in total. The van der Waals surface area contributed by atoms with Crippen LogP contribution in [-0.2, 0) is 4.57 Å². The molecule has 0 radical (unpaired) electrons. The highest BCUT2D eigenvalue weighted by Crippen LogP contribution is 2.34. The first-order valence-corrected chi connectivity index (χ1v) is 6.66. The SMILES string of the molecule is O=C(NCCCP(=O)(O)O)c1ccccc1. The molecule has 0 aliphatic rings. The maximum Gasteiger partial charge on any atom is 0.325 e. The van der Waals surface area contributed by atoms with Gasteiger partial charge in [0, 0.05) is 12.1 Å². The van der Waals surface area contributed by atoms with Gasteiger partial charge in [0.25, 0.3) is 5.91 Å². The maximum absolute atomic E-state index is 11.5. The Morgan fingerprint density at radius 2 is 1.88 bits per heavy atom. The molecule has 6 heteroatoms. The minimum atomic E-state index is -3.95. The van der Waals surface area contributed by atoms with Gasteiger partial charge in [-0.2, -0.15) is 0 Å². The van der Waals surface area contributed by atoms with Crippen molar-refractivity contribution in [1.82, 2.24) is 5.32 Å². The first-order chi connectivity index (χ1) is 7.49. The highest BCUT2D eigenvalue weighted by atomic mass is 31.2. The van der Waals surface area contributed by atoms with E-state index in [1.807, 2.05) is 6.07 Å². The van der Waals surface area contributed by atoms with Crippen molar-refractivity contribution in [2.45, 2.75) is 6.42 Å². The minimum absolute atomic E-state index is 0.206. The Hall–Kier alpha value is -1.16. The minimum Gasteiger partial charge on any atom is -0.352 e. The first-order valence-electron chi connectivity index (χ1n) is 4.87. The summed E-state index contributed by atoms with van der Waals surface area (Å²) in [5.74, 6) is -0.230. The van der Waals surface area contributed by atoms with Gasteiger partial charge in [0.15, 0.2) is 0 Å². The first kappa shape index (κ1) is 12.9. The molecule has 0 saturated heterocycles. The standard InChI is InChI=1S/C10H14NO4P/c12-10(9-5-2-1-3-6-9)11-7-4-8-16(13,14)15/h1-3,5-6H,4,7-8H2,(H,11,12)(H2,13,14,15). The average molecular weight is 243 g/mol. The van der Waals surface area contributed by atoms with Gasteiger partial charge in [0.05, 0.1) is 6.16 Å². The fraction of sp³-hybridized carbons (Fsp3) is 0.300. The number of rotatable bonds is 5. The molecule has 0 unspecified atom stereocenters. The van der Waals surface area contributed by atoms with E-state index in [1.54, 1.807) is 24.3 Å². The van der Waals surface area contributed by atoms with E-state index < -0.39 is 7.60 Å². The summed E-state index contributed by atoms with van der Waals surface area (Å²) in [6.45, 7) is 0.263. The van der Waals surface area contributed by atoms with Crippen LogP contribution in [0.15, 0.2) is 30.3 Å². The quantitative estimate of drug-likeness (QED) is 0.531. The average Bonchev–Trinajstić information content (AvgIpc) is 2.24. The van der Waals surface area contributed by atoms with E-state index in [0.29, 0.717) is 5.56 Å². The van der Waals surface area contributed by atoms with Gasteiger partial charge < -0.3 is 15.1 Å². The van der Waals surface area contributed by atoms with E-state index in [2.05, 4.69) is 5.32 Å². The van der Waals surface area contributed by atoms with Crippen molar-refractivity contribution in [3.05, 3.63) is 35.9 Å². The normalized spacial score (nSPS) is 11.1. The fourth-order valence-electron chi connectivity index (χ4n) is 1.18. The zero-order valence-electron chi connectivity index (χ0n) is 8.67. The van der Waals surface area contributed by atoms with Crippen LogP contribution >= 0.6 is 7.60 Å². The van der Waals surface area contributed by atoms with Gasteiger partial charge in [-0.05, 0) is 18.6 Å². The van der Waals surface area contributed by atoms with Crippen molar-refractivity contribution in [2.75, 3.05) is 12.7 Å². The lowest BCUT2D eigenvalue weighted by atomic mass is 10.2. The molecule has 16 heavy (non-hydrogen) atoms. The maximum atomic E-state index is 11.5. The Balaban J connectivity index is 2.29. The van der Waals surface area contributed by atoms with Crippen LogP contribution in [-0.4, -0.2) is 28.4 Å². The third-order valence-corrected chi connectivity index (χ3v) is 2.85. The number of carbonyl (C=O) groups excluding carboxylic acids is 1. The smallest absolute Gasteiger partial charge is 0.325 e. The van der Waals surface area contributed by atoms with Crippen molar-refractivity contribution in [3.63, 3.8) is 0 Å². The lowest BCUT2D eigenvalue weighted by molar-refractivity contribution is 0.0953. The Bertz CT molecular complexity index is 387. The number of amides is 1. The molecule has 0 aromatic heterocycles. The van der Waals surface area contributed by atoms with Crippen molar-refractivity contribution >= 4 is 13.5 Å². The van der Waals surface area contributed by atoms with Gasteiger partial charge in [-0.15, -0.1) is 0 Å². The molecule has 0 fully saturated rings. The van der Waals surface area contributed by atoms with Gasteiger partial charge in [-0.3, -0.25) is 9.36 Å². The highest BCUT2D eigenvalue weighted by molar-refractivity contribution is 7.51. The second-order valence-corrected chi connectivity index (χ2v) is 5.14. The molecular weight excluding hydrogens is 229 g/mol. The molecule has 0 heterocycles. The largest absolute Gasteiger partial charge is 0.352 e. The van der Waals surface area contributed by atoms with Crippen LogP contribution in [0.2, 0.25) is 0 Å². The lowest BCUT2D eigenvalue weighted by Crippen LogP contribution is -2.24. The fourth-order valence-corrected chi connectivity index (χ4v) is 1.75. The van der Waals surface area contributed by atoms with E-state index in [1.165, 1.54) is 0 Å². The second-order valence-electron chi connectivity index (χ2n) is 3.36. The predicted molar refractivity (Wildman–Crippen MR) is 60.3 cm³/mol. The van der Waals surface area contributed by atoms with Gasteiger partial charge in [-0.1, -0.05) is 18.2 Å². The summed E-state index contributed by atoms with van der Waals surface area (Å²) in [5.41, 5.74) is 0.540. The third kappa shape index (κ3) is 5.07. The molecule has 1 amide bonds. The van der Waals surface area contributed by atoms with Gasteiger partial charge in [0.2, 0.25) is 0 Å². The highest BCUT2D eigenvalue weighted by Gasteiger charge is 2.12. The molecule has 0 bridgehead atoms. The molecular formula is C10H14NO4P. The Kier molecular flexibility index (Phi) is 4.68. The van der Waals surface area contributed by atoms with Crippen molar-refractivity contribution in [2.24, 2.45) is 0 Å². The molecule has 5 nitrogen and oxygen atoms in total. The Labute approximate surface area is 93.7 Å². The summed E-state index contributed by atoms with van der Waals surface area (Å²) in [6, 6.07) is 8.68. The van der Waals surface area contributed by atoms with Crippen molar-refractivity contribution < 1.29 is 19.1 Å². The summed E-state index contributed by atoms with van der Waals surface area (Å²) in [4.78, 5) is 28.7. The van der Waals surface area contributed by atoms with E-state index in [-0.39, 0.29) is 25.0 Å². The molecule has 88 valence electrons. The van der Waals surface area contributed by atoms with Gasteiger partial charge in [0.1, 0.15) is 0 Å². The second kappa shape index (κ2) is 5.80. The molecule has 0 spiro atoms. The number of benzene rings is 1. The van der Waals surface area contributed by atoms with E-state index in [4.69, 9.17) is 9.79 Å². The van der Waals surface area contributed by atoms with Gasteiger partial charge in [-0.25, -0.2) is 0 Å². The van der Waals surface area contributed by atoms with E-state index >= 15 is 0 Å². The topological polar surface area (TPSA) is 86.6 Å². The summed E-state index contributed by atoms with van der Waals surface area (Å²) in [5, 5.41) is 2.59. The molecule has 0 atom stereocenters. The molecule has 1 rings (SSSR count). The van der Waals surface area contributed by atoms with Crippen molar-refractivity contribution in [3.8, 4) is 0 Å². The zero-order valence-corrected chi connectivity index (χ0v) is 9.56. The van der Waals surface area contributed by atoms with Gasteiger partial charge >= 0.3 is 7.60 Å². The van der Waals surface area contributed by atoms with E-state index in [9.17, 15) is 9.36 Å². The number of carbonyl (C=O) groups is 1. The zero-order chi connectivity index (χ0) is 12.0. The van der Waals surface area contributed by atoms with Crippen molar-refractivity contribution in [1.29, 1.82) is 0 Å². The number of nitrogens with one attached hydrogen (secondary N) is 1. The molecule has 0 saturated carbocycles. The van der Waals surface area contributed by atoms with Crippen LogP contribution in [0.1, 0.15) is 16.8 Å². The Morgan fingerprint density at radius 3 is 2.44 bits per heavy atom. The number of hydrogen-bond acceptors (Lipinski definition) is 2. The van der Waals surface area contributed by atoms with Crippen LogP contribution in [0.3, 0.4) is 0 Å².